The zero-order chi connectivity index (χ0) is 20.2. The fraction of sp³-hybridized carbons (Fsp3) is 0.250. The number of amides is 2. The number of furan rings is 1. The Morgan fingerprint density at radius 2 is 1.72 bits per heavy atom. The van der Waals surface area contributed by atoms with Gasteiger partial charge in [0.15, 0.2) is 12.4 Å². The first kappa shape index (κ1) is 18.6. The number of esters is 1. The molecule has 0 spiro atoms. The van der Waals surface area contributed by atoms with Crippen molar-refractivity contribution in [2.24, 2.45) is 0 Å². The van der Waals surface area contributed by atoms with Crippen LogP contribution in [0.4, 0.5) is 0 Å². The van der Waals surface area contributed by atoms with Crippen molar-refractivity contribution in [1.29, 1.82) is 0 Å². The largest absolute Gasteiger partial charge is 0.459 e. The van der Waals surface area contributed by atoms with Crippen LogP contribution in [0.3, 0.4) is 0 Å². The molecule has 2 aromatic heterocycles. The van der Waals surface area contributed by atoms with E-state index in [1.165, 1.54) is 18.7 Å². The Bertz CT molecular complexity index is 1040. The Morgan fingerprint density at radius 1 is 0.966 bits per heavy atom. The number of benzene rings is 1. The lowest BCUT2D eigenvalue weighted by atomic mass is 10.2. The van der Waals surface area contributed by atoms with Crippen molar-refractivity contribution < 1.29 is 23.5 Å². The van der Waals surface area contributed by atoms with Gasteiger partial charge >= 0.3 is 5.97 Å². The van der Waals surface area contributed by atoms with Gasteiger partial charge in [0.1, 0.15) is 5.52 Å². The number of hydrogen-bond donors (Lipinski definition) is 0. The highest BCUT2D eigenvalue weighted by molar-refractivity contribution is 6.02. The third-order valence-electron chi connectivity index (χ3n) is 4.70. The number of para-hydroxylation sites is 1. The van der Waals surface area contributed by atoms with E-state index >= 15 is 0 Å². The maximum Gasteiger partial charge on any atom is 0.340 e. The van der Waals surface area contributed by atoms with Crippen molar-refractivity contribution >= 4 is 28.8 Å². The Hall–Kier alpha value is -3.75. The van der Waals surface area contributed by atoms with Gasteiger partial charge in [-0.25, -0.2) is 4.79 Å². The SMILES string of the molecule is O=C(OCC(=O)N1CCN(C(=O)c2ccco2)CC1)c1cccc2nccnc12. The van der Waals surface area contributed by atoms with Gasteiger partial charge in [0.2, 0.25) is 0 Å². The number of rotatable bonds is 4. The first-order valence-electron chi connectivity index (χ1n) is 9.11. The van der Waals surface area contributed by atoms with Gasteiger partial charge in [-0.3, -0.25) is 19.6 Å². The average Bonchev–Trinajstić information content (AvgIpc) is 3.31. The Balaban J connectivity index is 1.31. The van der Waals surface area contributed by atoms with E-state index in [1.54, 1.807) is 40.1 Å². The maximum absolute atomic E-state index is 12.4. The highest BCUT2D eigenvalue weighted by Crippen LogP contribution is 2.15. The highest BCUT2D eigenvalue weighted by Gasteiger charge is 2.26. The van der Waals surface area contributed by atoms with Gasteiger partial charge in [-0.15, -0.1) is 0 Å². The molecule has 0 saturated carbocycles. The van der Waals surface area contributed by atoms with Crippen LogP contribution in [0.5, 0.6) is 0 Å². The number of nitrogens with zero attached hydrogens (tertiary/aromatic N) is 4. The summed E-state index contributed by atoms with van der Waals surface area (Å²) in [6, 6.07) is 8.28. The molecule has 4 rings (SSSR count). The lowest BCUT2D eigenvalue weighted by Crippen LogP contribution is -2.51. The minimum absolute atomic E-state index is 0.203. The van der Waals surface area contributed by atoms with E-state index in [4.69, 9.17) is 9.15 Å². The Morgan fingerprint density at radius 3 is 2.48 bits per heavy atom. The minimum Gasteiger partial charge on any atom is -0.459 e. The quantitative estimate of drug-likeness (QED) is 0.615. The molecule has 1 aliphatic rings. The molecule has 3 aromatic rings. The first-order chi connectivity index (χ1) is 14.1. The minimum atomic E-state index is -0.629. The van der Waals surface area contributed by atoms with E-state index < -0.39 is 5.97 Å². The van der Waals surface area contributed by atoms with Gasteiger partial charge in [0.05, 0.1) is 17.3 Å². The number of piperazine rings is 1. The molecule has 29 heavy (non-hydrogen) atoms. The molecule has 0 unspecified atom stereocenters. The molecule has 0 atom stereocenters. The summed E-state index contributed by atoms with van der Waals surface area (Å²) in [7, 11) is 0. The molecular weight excluding hydrogens is 376 g/mol. The van der Waals surface area contributed by atoms with Crippen molar-refractivity contribution in [1.82, 2.24) is 19.8 Å². The predicted octanol–water partition coefficient (Wildman–Crippen LogP) is 1.36. The van der Waals surface area contributed by atoms with E-state index in [9.17, 15) is 14.4 Å². The summed E-state index contributed by atoms with van der Waals surface area (Å²) in [5, 5.41) is 0. The van der Waals surface area contributed by atoms with Crippen LogP contribution in [0.2, 0.25) is 0 Å². The van der Waals surface area contributed by atoms with Crippen LogP contribution in [0.25, 0.3) is 11.0 Å². The summed E-state index contributed by atoms with van der Waals surface area (Å²) in [6.45, 7) is 1.13. The van der Waals surface area contributed by atoms with Crippen LogP contribution >= 0.6 is 0 Å². The normalized spacial score (nSPS) is 14.1. The number of fused-ring (bicyclic) bond motifs is 1. The van der Waals surface area contributed by atoms with Crippen molar-refractivity contribution in [2.45, 2.75) is 0 Å². The summed E-state index contributed by atoms with van der Waals surface area (Å²) < 4.78 is 10.3. The van der Waals surface area contributed by atoms with Crippen LogP contribution < -0.4 is 0 Å². The van der Waals surface area contributed by atoms with Gasteiger partial charge in [0, 0.05) is 38.6 Å². The van der Waals surface area contributed by atoms with Crippen LogP contribution in [0.1, 0.15) is 20.9 Å². The molecular formula is C20H18N4O5. The van der Waals surface area contributed by atoms with E-state index in [0.29, 0.717) is 37.2 Å². The van der Waals surface area contributed by atoms with Gasteiger partial charge in [-0.05, 0) is 24.3 Å². The second kappa shape index (κ2) is 8.09. The van der Waals surface area contributed by atoms with Crippen LogP contribution in [-0.4, -0.2) is 70.3 Å². The van der Waals surface area contributed by atoms with E-state index in [0.717, 1.165) is 0 Å². The molecule has 0 radical (unpaired) electrons. The van der Waals surface area contributed by atoms with Crippen molar-refractivity contribution in [3.63, 3.8) is 0 Å². The third kappa shape index (κ3) is 3.93. The van der Waals surface area contributed by atoms with Gasteiger partial charge in [-0.1, -0.05) is 6.07 Å². The molecule has 9 nitrogen and oxygen atoms in total. The summed E-state index contributed by atoms with van der Waals surface area (Å²) in [4.78, 5) is 48.6. The zero-order valence-electron chi connectivity index (χ0n) is 15.5. The van der Waals surface area contributed by atoms with E-state index in [1.807, 2.05) is 0 Å². The van der Waals surface area contributed by atoms with Crippen LogP contribution in [0, 0.1) is 0 Å². The lowest BCUT2D eigenvalue weighted by Gasteiger charge is -2.34. The molecule has 1 aromatic carbocycles. The number of ether oxygens (including phenoxy) is 1. The maximum atomic E-state index is 12.4. The molecule has 2 amide bonds. The average molecular weight is 394 g/mol. The van der Waals surface area contributed by atoms with Gasteiger partial charge < -0.3 is 19.0 Å². The van der Waals surface area contributed by atoms with Crippen molar-refractivity contribution in [2.75, 3.05) is 32.8 Å². The van der Waals surface area contributed by atoms with Crippen molar-refractivity contribution in [3.05, 3.63) is 60.3 Å². The summed E-state index contributed by atoms with van der Waals surface area (Å²) in [5.41, 5.74) is 1.26. The molecule has 1 saturated heterocycles. The molecule has 9 heteroatoms. The van der Waals surface area contributed by atoms with E-state index in [-0.39, 0.29) is 29.7 Å². The summed E-state index contributed by atoms with van der Waals surface area (Å²) >= 11 is 0. The monoisotopic (exact) mass is 394 g/mol. The number of hydrogen-bond acceptors (Lipinski definition) is 7. The Labute approximate surface area is 165 Å². The lowest BCUT2D eigenvalue weighted by molar-refractivity contribution is -0.136. The second-order valence-electron chi connectivity index (χ2n) is 6.46. The molecule has 1 aliphatic heterocycles. The van der Waals surface area contributed by atoms with E-state index in [2.05, 4.69) is 9.97 Å². The Kier molecular flexibility index (Phi) is 5.19. The van der Waals surface area contributed by atoms with Crippen molar-refractivity contribution in [3.8, 4) is 0 Å². The molecule has 3 heterocycles. The predicted molar refractivity (Wildman–Crippen MR) is 101 cm³/mol. The summed E-state index contributed by atoms with van der Waals surface area (Å²) in [6.07, 6.45) is 4.48. The fourth-order valence-corrected chi connectivity index (χ4v) is 3.17. The van der Waals surface area contributed by atoms with Crippen LogP contribution in [-0.2, 0) is 9.53 Å². The zero-order valence-corrected chi connectivity index (χ0v) is 15.5. The smallest absolute Gasteiger partial charge is 0.340 e. The number of aromatic nitrogens is 2. The molecule has 0 N–H and O–H groups in total. The second-order valence-corrected chi connectivity index (χ2v) is 6.46. The molecule has 0 bridgehead atoms. The third-order valence-corrected chi connectivity index (χ3v) is 4.70. The number of carbonyl (C=O) groups excluding carboxylic acids is 3. The topological polar surface area (TPSA) is 106 Å². The van der Waals surface area contributed by atoms with Crippen LogP contribution in [0.15, 0.2) is 53.4 Å². The van der Waals surface area contributed by atoms with Gasteiger partial charge in [-0.2, -0.15) is 0 Å². The van der Waals surface area contributed by atoms with Gasteiger partial charge in [0.25, 0.3) is 11.8 Å². The standard InChI is InChI=1S/C20H18N4O5/c25-17(23-8-10-24(11-9-23)19(26)16-5-2-12-28-16)13-29-20(27)14-3-1-4-15-18(14)22-7-6-21-15/h1-7,12H,8-11,13H2. The number of carbonyl (C=O) groups is 3. The molecule has 148 valence electrons. The molecule has 1 fully saturated rings. The highest BCUT2D eigenvalue weighted by atomic mass is 16.5. The molecule has 0 aliphatic carbocycles. The summed E-state index contributed by atoms with van der Waals surface area (Å²) in [5.74, 6) is -0.867. The fourth-order valence-electron chi connectivity index (χ4n) is 3.17. The first-order valence-corrected chi connectivity index (χ1v) is 9.11.